The van der Waals surface area contributed by atoms with Crippen molar-refractivity contribution < 1.29 is 19.2 Å². The van der Waals surface area contributed by atoms with Crippen LogP contribution in [0.4, 0.5) is 11.4 Å². The van der Waals surface area contributed by atoms with E-state index in [0.717, 1.165) is 12.8 Å². The Morgan fingerprint density at radius 3 is 2.64 bits per heavy atom. The van der Waals surface area contributed by atoms with Crippen LogP contribution in [-0.2, 0) is 0 Å². The maximum absolute atomic E-state index is 12.6. The quantitative estimate of drug-likeness (QED) is 0.298. The second-order valence-electron chi connectivity index (χ2n) is 5.75. The number of carbonyl (C=O) groups excluding carboxylic acids is 1. The molecule has 148 valence electrons. The summed E-state index contributed by atoms with van der Waals surface area (Å²) in [7, 11) is 1.38. The fourth-order valence-corrected chi connectivity index (χ4v) is 2.53. The van der Waals surface area contributed by atoms with E-state index in [1.165, 1.54) is 25.3 Å². The third-order valence-corrected chi connectivity index (χ3v) is 3.96. The second-order valence-corrected chi connectivity index (χ2v) is 6.16. The number of nitro benzene ring substituents is 1. The van der Waals surface area contributed by atoms with E-state index in [1.807, 2.05) is 0 Å². The molecule has 0 spiro atoms. The van der Waals surface area contributed by atoms with Gasteiger partial charge in [0.1, 0.15) is 11.5 Å². The Kier molecular flexibility index (Phi) is 7.70. The summed E-state index contributed by atoms with van der Waals surface area (Å²) >= 11 is 5.18. The minimum absolute atomic E-state index is 0.0283. The van der Waals surface area contributed by atoms with Crippen LogP contribution in [-0.4, -0.2) is 29.7 Å². The molecule has 0 aliphatic heterocycles. The van der Waals surface area contributed by atoms with Gasteiger partial charge in [0.25, 0.3) is 11.6 Å². The molecule has 2 aromatic carbocycles. The molecule has 0 aromatic heterocycles. The summed E-state index contributed by atoms with van der Waals surface area (Å²) in [6.45, 7) is 2.57. The first kappa shape index (κ1) is 21.1. The predicted molar refractivity (Wildman–Crippen MR) is 110 cm³/mol. The summed E-state index contributed by atoms with van der Waals surface area (Å²) in [5.41, 5.74) is 0.639. The molecular weight excluding hydrogens is 382 g/mol. The fraction of sp³-hybridized carbons (Fsp3) is 0.263. The van der Waals surface area contributed by atoms with Gasteiger partial charge < -0.3 is 14.8 Å². The second kappa shape index (κ2) is 10.2. The van der Waals surface area contributed by atoms with Gasteiger partial charge >= 0.3 is 0 Å². The molecule has 0 radical (unpaired) electrons. The summed E-state index contributed by atoms with van der Waals surface area (Å²) < 4.78 is 10.8. The molecule has 8 nitrogen and oxygen atoms in total. The Hall–Kier alpha value is -3.20. The highest BCUT2D eigenvalue weighted by molar-refractivity contribution is 7.80. The van der Waals surface area contributed by atoms with Crippen LogP contribution in [0.1, 0.15) is 30.1 Å². The van der Waals surface area contributed by atoms with Crippen molar-refractivity contribution in [2.75, 3.05) is 19.0 Å². The number of carbonyl (C=O) groups is 1. The topological polar surface area (TPSA) is 103 Å². The lowest BCUT2D eigenvalue weighted by Crippen LogP contribution is -2.34. The van der Waals surface area contributed by atoms with Crippen molar-refractivity contribution in [1.29, 1.82) is 0 Å². The first-order valence-electron chi connectivity index (χ1n) is 8.62. The zero-order valence-electron chi connectivity index (χ0n) is 15.6. The van der Waals surface area contributed by atoms with Crippen LogP contribution in [0.25, 0.3) is 0 Å². The van der Waals surface area contributed by atoms with E-state index in [-0.39, 0.29) is 16.5 Å². The van der Waals surface area contributed by atoms with Gasteiger partial charge in [-0.2, -0.15) is 0 Å². The average Bonchev–Trinajstić information content (AvgIpc) is 2.68. The molecule has 2 aromatic rings. The number of unbranched alkanes of at least 4 members (excludes halogenated alkanes) is 1. The van der Waals surface area contributed by atoms with Crippen molar-refractivity contribution >= 4 is 34.6 Å². The molecule has 1 amide bonds. The van der Waals surface area contributed by atoms with Gasteiger partial charge in [-0.3, -0.25) is 20.2 Å². The number of rotatable bonds is 8. The number of nitrogens with one attached hydrogen (secondary N) is 2. The van der Waals surface area contributed by atoms with E-state index in [0.29, 0.717) is 23.6 Å². The van der Waals surface area contributed by atoms with E-state index in [4.69, 9.17) is 21.7 Å². The number of para-hydroxylation sites is 1. The first-order valence-corrected chi connectivity index (χ1v) is 9.03. The van der Waals surface area contributed by atoms with Gasteiger partial charge in [0.2, 0.25) is 0 Å². The molecule has 28 heavy (non-hydrogen) atoms. The number of ether oxygens (including phenoxy) is 2. The van der Waals surface area contributed by atoms with Crippen molar-refractivity contribution in [3.63, 3.8) is 0 Å². The molecule has 0 atom stereocenters. The molecule has 0 saturated carbocycles. The number of amides is 1. The Bertz CT molecular complexity index is 872. The van der Waals surface area contributed by atoms with Gasteiger partial charge in [-0.15, -0.1) is 0 Å². The predicted octanol–water partition coefficient (Wildman–Crippen LogP) is 3.91. The number of benzene rings is 2. The van der Waals surface area contributed by atoms with Crippen LogP contribution in [0.2, 0.25) is 0 Å². The summed E-state index contributed by atoms with van der Waals surface area (Å²) in [6, 6.07) is 10.9. The molecule has 0 heterocycles. The Morgan fingerprint density at radius 1 is 1.21 bits per heavy atom. The number of hydrogen-bond donors (Lipinski definition) is 2. The van der Waals surface area contributed by atoms with E-state index in [2.05, 4.69) is 17.6 Å². The van der Waals surface area contributed by atoms with Crippen LogP contribution in [0.5, 0.6) is 11.5 Å². The van der Waals surface area contributed by atoms with Crippen LogP contribution in [0, 0.1) is 10.1 Å². The van der Waals surface area contributed by atoms with E-state index in [9.17, 15) is 14.9 Å². The highest BCUT2D eigenvalue weighted by Crippen LogP contribution is 2.29. The number of thiocarbonyl (C=S) groups is 1. The monoisotopic (exact) mass is 403 g/mol. The zero-order valence-corrected chi connectivity index (χ0v) is 16.4. The maximum Gasteiger partial charge on any atom is 0.273 e. The Balaban J connectivity index is 2.07. The molecule has 2 N–H and O–H groups in total. The van der Waals surface area contributed by atoms with Crippen molar-refractivity contribution in [2.45, 2.75) is 19.8 Å². The lowest BCUT2D eigenvalue weighted by Gasteiger charge is -2.14. The third kappa shape index (κ3) is 5.65. The van der Waals surface area contributed by atoms with Gasteiger partial charge in [0, 0.05) is 6.07 Å². The van der Waals surface area contributed by atoms with E-state index in [1.54, 1.807) is 24.3 Å². The minimum Gasteiger partial charge on any atom is -0.494 e. The van der Waals surface area contributed by atoms with Crippen LogP contribution in [0.15, 0.2) is 42.5 Å². The number of hydrogen-bond acceptors (Lipinski definition) is 6. The average molecular weight is 403 g/mol. The molecule has 0 aliphatic rings. The number of methoxy groups -OCH3 is 1. The highest BCUT2D eigenvalue weighted by Gasteiger charge is 2.16. The number of nitrogens with zero attached hydrogens (tertiary/aromatic N) is 1. The molecule has 9 heteroatoms. The Labute approximate surface area is 168 Å². The smallest absolute Gasteiger partial charge is 0.273 e. The first-order chi connectivity index (χ1) is 13.5. The maximum atomic E-state index is 12.6. The molecular formula is C19H21N3O5S. The molecule has 0 bridgehead atoms. The van der Waals surface area contributed by atoms with Crippen molar-refractivity contribution in [3.8, 4) is 11.5 Å². The van der Waals surface area contributed by atoms with Gasteiger partial charge in [0.05, 0.1) is 36.0 Å². The molecule has 0 fully saturated rings. The zero-order chi connectivity index (χ0) is 20.5. The normalized spacial score (nSPS) is 10.1. The van der Waals surface area contributed by atoms with Crippen molar-refractivity contribution in [2.24, 2.45) is 0 Å². The Morgan fingerprint density at radius 2 is 1.96 bits per heavy atom. The third-order valence-electron chi connectivity index (χ3n) is 3.76. The highest BCUT2D eigenvalue weighted by atomic mass is 32.1. The molecule has 0 saturated heterocycles. The summed E-state index contributed by atoms with van der Waals surface area (Å²) in [5.74, 6) is 0.281. The fourth-order valence-electron chi connectivity index (χ4n) is 2.33. The van der Waals surface area contributed by atoms with E-state index >= 15 is 0 Å². The van der Waals surface area contributed by atoms with Gasteiger partial charge in [0.15, 0.2) is 5.11 Å². The van der Waals surface area contributed by atoms with Crippen LogP contribution >= 0.6 is 12.2 Å². The summed E-state index contributed by atoms with van der Waals surface area (Å²) in [4.78, 5) is 22.9. The minimum atomic E-state index is -0.526. The standard InChI is InChI=1S/C19H21N3O5S/c1-3-4-11-27-16-8-6-5-7-14(16)18(23)21-19(28)20-15-10-9-13(22(24)25)12-17(15)26-2/h5-10,12H,3-4,11H2,1-2H3,(H2,20,21,23,28). The molecule has 2 rings (SSSR count). The number of anilines is 1. The molecule has 0 unspecified atom stereocenters. The lowest BCUT2D eigenvalue weighted by atomic mass is 10.2. The SMILES string of the molecule is CCCCOc1ccccc1C(=O)NC(=S)Nc1ccc([N+](=O)[O-])cc1OC. The van der Waals surface area contributed by atoms with E-state index < -0.39 is 10.8 Å². The summed E-state index contributed by atoms with van der Waals surface area (Å²) in [6.07, 6.45) is 1.87. The summed E-state index contributed by atoms with van der Waals surface area (Å²) in [5, 5.41) is 16.3. The van der Waals surface area contributed by atoms with Gasteiger partial charge in [-0.25, -0.2) is 0 Å². The van der Waals surface area contributed by atoms with Crippen molar-refractivity contribution in [3.05, 3.63) is 58.1 Å². The van der Waals surface area contributed by atoms with Gasteiger partial charge in [-0.05, 0) is 36.8 Å². The molecule has 0 aliphatic carbocycles. The number of nitro groups is 1. The lowest BCUT2D eigenvalue weighted by molar-refractivity contribution is -0.384. The van der Waals surface area contributed by atoms with Crippen molar-refractivity contribution in [1.82, 2.24) is 5.32 Å². The van der Waals surface area contributed by atoms with Crippen LogP contribution < -0.4 is 20.1 Å². The van der Waals surface area contributed by atoms with Crippen LogP contribution in [0.3, 0.4) is 0 Å². The largest absolute Gasteiger partial charge is 0.494 e. The number of non-ortho nitro benzene ring substituents is 1. The van der Waals surface area contributed by atoms with Gasteiger partial charge in [-0.1, -0.05) is 25.5 Å².